The summed E-state index contributed by atoms with van der Waals surface area (Å²) in [7, 11) is 0. The number of rotatable bonds is 5. The predicted octanol–water partition coefficient (Wildman–Crippen LogP) is 6.23. The molecular formula is C29H32N2O. The van der Waals surface area contributed by atoms with Crippen LogP contribution < -0.4 is 5.32 Å². The molecule has 3 nitrogen and oxygen atoms in total. The molecule has 0 atom stereocenters. The molecule has 2 aliphatic rings. The van der Waals surface area contributed by atoms with E-state index in [1.54, 1.807) is 0 Å². The fraction of sp³-hybridized carbons (Fsp3) is 0.345. The third-order valence-corrected chi connectivity index (χ3v) is 7.00. The first-order valence-corrected chi connectivity index (χ1v) is 11.9. The van der Waals surface area contributed by atoms with Crippen molar-refractivity contribution in [3.63, 3.8) is 0 Å². The molecule has 0 spiro atoms. The minimum atomic E-state index is -0.00437. The Labute approximate surface area is 191 Å². The van der Waals surface area contributed by atoms with Gasteiger partial charge in [0.05, 0.1) is 0 Å². The van der Waals surface area contributed by atoms with E-state index in [2.05, 4.69) is 70.9 Å². The lowest BCUT2D eigenvalue weighted by molar-refractivity contribution is -0.118. The first-order valence-electron chi connectivity index (χ1n) is 11.9. The molecule has 0 radical (unpaired) electrons. The van der Waals surface area contributed by atoms with Gasteiger partial charge >= 0.3 is 0 Å². The summed E-state index contributed by atoms with van der Waals surface area (Å²) in [5.74, 6) is 0.640. The van der Waals surface area contributed by atoms with E-state index in [1.165, 1.54) is 33.4 Å². The zero-order valence-corrected chi connectivity index (χ0v) is 19.1. The number of likely N-dealkylation sites (tertiary alicyclic amines) is 1. The summed E-state index contributed by atoms with van der Waals surface area (Å²) >= 11 is 0. The number of nitrogens with zero attached hydrogens (tertiary/aromatic N) is 1. The highest BCUT2D eigenvalue weighted by molar-refractivity contribution is 5.92. The number of fused-ring (bicyclic) bond motifs is 3. The molecule has 3 heteroatoms. The summed E-state index contributed by atoms with van der Waals surface area (Å²) in [5, 5.41) is 3.04. The van der Waals surface area contributed by atoms with Crippen molar-refractivity contribution in [1.82, 2.24) is 4.90 Å². The van der Waals surface area contributed by atoms with E-state index in [0.717, 1.165) is 44.6 Å². The summed E-state index contributed by atoms with van der Waals surface area (Å²) in [5.41, 5.74) is 9.43. The lowest BCUT2D eigenvalue weighted by atomic mass is 9.89. The van der Waals surface area contributed by atoms with Crippen molar-refractivity contribution in [2.45, 2.75) is 45.6 Å². The number of hydrogen-bond donors (Lipinski definition) is 1. The molecule has 5 rings (SSSR count). The normalized spacial score (nSPS) is 16.1. The summed E-state index contributed by atoms with van der Waals surface area (Å²) in [4.78, 5) is 14.6. The highest BCUT2D eigenvalue weighted by Crippen LogP contribution is 2.37. The zero-order valence-electron chi connectivity index (χ0n) is 19.1. The zero-order chi connectivity index (χ0) is 22.1. The molecule has 32 heavy (non-hydrogen) atoms. The number of benzene rings is 3. The smallest absolute Gasteiger partial charge is 0.226 e. The number of anilines is 1. The van der Waals surface area contributed by atoms with Crippen molar-refractivity contribution in [3.05, 3.63) is 89.0 Å². The van der Waals surface area contributed by atoms with E-state index >= 15 is 0 Å². The molecule has 1 aliphatic heterocycles. The number of hydrogen-bond acceptors (Lipinski definition) is 2. The van der Waals surface area contributed by atoms with Crippen LogP contribution in [0.2, 0.25) is 0 Å². The van der Waals surface area contributed by atoms with Gasteiger partial charge in [0.25, 0.3) is 0 Å². The van der Waals surface area contributed by atoms with Crippen molar-refractivity contribution in [2.24, 2.45) is 5.92 Å². The molecule has 3 aromatic carbocycles. The second-order valence-electron chi connectivity index (χ2n) is 9.65. The van der Waals surface area contributed by atoms with Crippen LogP contribution in [0.3, 0.4) is 0 Å². The molecule has 1 N–H and O–H groups in total. The van der Waals surface area contributed by atoms with Gasteiger partial charge in [-0.15, -0.1) is 0 Å². The van der Waals surface area contributed by atoms with E-state index in [-0.39, 0.29) is 11.8 Å². The molecule has 1 saturated heterocycles. The third kappa shape index (κ3) is 4.35. The second-order valence-corrected chi connectivity index (χ2v) is 9.65. The fourth-order valence-corrected chi connectivity index (χ4v) is 5.14. The van der Waals surface area contributed by atoms with Crippen molar-refractivity contribution < 1.29 is 4.79 Å². The Morgan fingerprint density at radius 3 is 2.53 bits per heavy atom. The Morgan fingerprint density at radius 1 is 0.938 bits per heavy atom. The van der Waals surface area contributed by atoms with Crippen LogP contribution in [-0.2, 0) is 17.8 Å². The van der Waals surface area contributed by atoms with E-state index < -0.39 is 0 Å². The summed E-state index contributed by atoms with van der Waals surface area (Å²) in [6.45, 7) is 7.11. The van der Waals surface area contributed by atoms with Crippen molar-refractivity contribution in [2.75, 3.05) is 18.4 Å². The van der Waals surface area contributed by atoms with E-state index in [9.17, 15) is 4.79 Å². The van der Waals surface area contributed by atoms with E-state index in [1.807, 2.05) is 19.9 Å². The van der Waals surface area contributed by atoms with Crippen LogP contribution in [0.25, 0.3) is 11.1 Å². The molecule has 0 bridgehead atoms. The average Bonchev–Trinajstić information content (AvgIpc) is 3.17. The molecule has 1 amide bonds. The molecule has 1 heterocycles. The number of carbonyl (C=O) groups excluding carboxylic acids is 1. The maximum Gasteiger partial charge on any atom is 0.226 e. The van der Waals surface area contributed by atoms with Crippen LogP contribution in [-0.4, -0.2) is 23.9 Å². The van der Waals surface area contributed by atoms with Crippen molar-refractivity contribution >= 4 is 11.6 Å². The third-order valence-electron chi connectivity index (χ3n) is 7.00. The number of carbonyl (C=O) groups is 1. The van der Waals surface area contributed by atoms with Gasteiger partial charge in [0.2, 0.25) is 5.91 Å². The van der Waals surface area contributed by atoms with Crippen LogP contribution in [0, 0.1) is 5.92 Å². The van der Waals surface area contributed by atoms with Gasteiger partial charge in [0.15, 0.2) is 0 Å². The minimum Gasteiger partial charge on any atom is -0.326 e. The van der Waals surface area contributed by atoms with Gasteiger partial charge in [0, 0.05) is 18.2 Å². The van der Waals surface area contributed by atoms with Crippen LogP contribution in [0.5, 0.6) is 0 Å². The van der Waals surface area contributed by atoms with Gasteiger partial charge in [0.1, 0.15) is 0 Å². The molecular weight excluding hydrogens is 392 g/mol. The second kappa shape index (κ2) is 8.91. The number of piperidine rings is 1. The summed E-state index contributed by atoms with van der Waals surface area (Å²) < 4.78 is 0. The average molecular weight is 425 g/mol. The van der Waals surface area contributed by atoms with Gasteiger partial charge in [-0.05, 0) is 83.8 Å². The minimum absolute atomic E-state index is 0.00437. The Bertz CT molecular complexity index is 1130. The molecule has 164 valence electrons. The van der Waals surface area contributed by atoms with Gasteiger partial charge in [-0.3, -0.25) is 9.69 Å². The Hall–Kier alpha value is -2.91. The van der Waals surface area contributed by atoms with Gasteiger partial charge in [-0.2, -0.15) is 0 Å². The highest BCUT2D eigenvalue weighted by atomic mass is 16.1. The molecule has 1 aliphatic carbocycles. The predicted molar refractivity (Wildman–Crippen MR) is 132 cm³/mol. The van der Waals surface area contributed by atoms with Crippen LogP contribution in [0.15, 0.2) is 66.7 Å². The molecule has 0 aromatic heterocycles. The van der Waals surface area contributed by atoms with Gasteiger partial charge in [-0.1, -0.05) is 68.4 Å². The standard InChI is InChI=1S/C29H32N2O/c1-20(2)29(32)30-26-8-5-7-23(18-26)22-12-14-31(15-13-22)19-21-10-11-28-25(16-21)17-24-6-3-4-9-27(24)28/h3-11,16,18,20,22H,12-15,17,19H2,1-2H3,(H,30,32). The quantitative estimate of drug-likeness (QED) is 0.412. The number of amides is 1. The summed E-state index contributed by atoms with van der Waals surface area (Å²) in [6.07, 6.45) is 3.39. The van der Waals surface area contributed by atoms with E-state index in [0.29, 0.717) is 5.92 Å². The highest BCUT2D eigenvalue weighted by Gasteiger charge is 2.22. The van der Waals surface area contributed by atoms with Crippen molar-refractivity contribution in [3.8, 4) is 11.1 Å². The lowest BCUT2D eigenvalue weighted by Gasteiger charge is -2.32. The Morgan fingerprint density at radius 2 is 1.72 bits per heavy atom. The molecule has 0 unspecified atom stereocenters. The van der Waals surface area contributed by atoms with Crippen LogP contribution in [0.1, 0.15) is 54.9 Å². The van der Waals surface area contributed by atoms with Crippen LogP contribution in [0.4, 0.5) is 5.69 Å². The first-order chi connectivity index (χ1) is 15.6. The van der Waals surface area contributed by atoms with Gasteiger partial charge < -0.3 is 5.32 Å². The first kappa shape index (κ1) is 21.0. The molecule has 0 saturated carbocycles. The van der Waals surface area contributed by atoms with Crippen LogP contribution >= 0.6 is 0 Å². The lowest BCUT2D eigenvalue weighted by Crippen LogP contribution is -2.32. The topological polar surface area (TPSA) is 32.3 Å². The van der Waals surface area contributed by atoms with Crippen molar-refractivity contribution in [1.29, 1.82) is 0 Å². The Kier molecular flexibility index (Phi) is 5.84. The largest absolute Gasteiger partial charge is 0.326 e. The maximum atomic E-state index is 12.0. The Balaban J connectivity index is 1.19. The summed E-state index contributed by atoms with van der Waals surface area (Å²) in [6, 6.07) is 24.3. The fourth-order valence-electron chi connectivity index (χ4n) is 5.14. The van der Waals surface area contributed by atoms with Gasteiger partial charge in [-0.25, -0.2) is 0 Å². The van der Waals surface area contributed by atoms with E-state index in [4.69, 9.17) is 0 Å². The maximum absolute atomic E-state index is 12.0. The monoisotopic (exact) mass is 424 g/mol. The SMILES string of the molecule is CC(C)C(=O)Nc1cccc(C2CCN(Cc3ccc4c(c3)Cc3ccccc3-4)CC2)c1. The number of nitrogens with one attached hydrogen (secondary N) is 1. The molecule has 1 fully saturated rings. The molecule has 3 aromatic rings.